The van der Waals surface area contributed by atoms with Crippen molar-refractivity contribution in [3.63, 3.8) is 0 Å². The third kappa shape index (κ3) is 8.30. The Hall–Kier alpha value is -4.84. The van der Waals surface area contributed by atoms with Crippen LogP contribution in [0.3, 0.4) is 0 Å². The van der Waals surface area contributed by atoms with Crippen LogP contribution in [-0.2, 0) is 9.47 Å². The highest BCUT2D eigenvalue weighted by atomic mass is 16.6. The molecule has 0 aliphatic heterocycles. The first-order valence-corrected chi connectivity index (χ1v) is 18.3. The van der Waals surface area contributed by atoms with E-state index in [4.69, 9.17) is 9.47 Å². The molecule has 1 fully saturated rings. The zero-order valence-electron chi connectivity index (χ0n) is 28.9. The molecule has 6 heteroatoms. The highest BCUT2D eigenvalue weighted by Crippen LogP contribution is 2.38. The second-order valence-corrected chi connectivity index (χ2v) is 13.8. The fraction of sp³-hybridized carbons (Fsp3) is 0.364. The maximum Gasteiger partial charge on any atom is 0.338 e. The Bertz CT molecular complexity index is 1800. The molecule has 0 aromatic heterocycles. The molecule has 0 radical (unpaired) electrons. The molecule has 4 aromatic rings. The Morgan fingerprint density at radius 3 is 1.94 bits per heavy atom. The minimum Gasteiger partial charge on any atom is -0.458 e. The second kappa shape index (κ2) is 16.7. The molecule has 0 N–H and O–H groups in total. The summed E-state index contributed by atoms with van der Waals surface area (Å²) >= 11 is 0. The van der Waals surface area contributed by atoms with Crippen molar-refractivity contribution in [3.8, 4) is 0 Å². The highest BCUT2D eigenvalue weighted by Gasteiger charge is 2.30. The molecule has 1 atom stereocenters. The fourth-order valence-corrected chi connectivity index (χ4v) is 7.41. The van der Waals surface area contributed by atoms with Crippen molar-refractivity contribution in [1.29, 1.82) is 0 Å². The summed E-state index contributed by atoms with van der Waals surface area (Å²) in [6, 6.07) is 28.0. The van der Waals surface area contributed by atoms with E-state index in [-0.39, 0.29) is 34.9 Å². The second-order valence-electron chi connectivity index (χ2n) is 13.8. The van der Waals surface area contributed by atoms with E-state index >= 15 is 0 Å². The van der Waals surface area contributed by atoms with Crippen LogP contribution in [0.1, 0.15) is 153 Å². The number of ketones is 2. The summed E-state index contributed by atoms with van der Waals surface area (Å²) in [7, 11) is 0. The van der Waals surface area contributed by atoms with Crippen molar-refractivity contribution in [3.05, 3.63) is 142 Å². The SMILES string of the molecule is CCCCCCCCC1CCC(c2ccc(C(=O)OC(COC(=O)c3ccc4c(c3)C(=O)c3ccccc3C4=O)c3ccccc3)cc2)CC1. The largest absolute Gasteiger partial charge is 0.458 e. The number of hydrogen-bond acceptors (Lipinski definition) is 6. The minimum atomic E-state index is -0.845. The lowest BCUT2D eigenvalue weighted by molar-refractivity contribution is -0.00134. The van der Waals surface area contributed by atoms with Gasteiger partial charge in [-0.05, 0) is 79.0 Å². The summed E-state index contributed by atoms with van der Waals surface area (Å²) in [5.74, 6) is -0.402. The van der Waals surface area contributed by atoms with E-state index in [2.05, 4.69) is 6.92 Å². The molecule has 4 aromatic carbocycles. The van der Waals surface area contributed by atoms with Crippen LogP contribution in [0.4, 0.5) is 0 Å². The van der Waals surface area contributed by atoms with Gasteiger partial charge in [0.05, 0.1) is 11.1 Å². The van der Waals surface area contributed by atoms with Crippen LogP contribution in [0, 0.1) is 5.92 Å². The van der Waals surface area contributed by atoms with Crippen LogP contribution in [-0.4, -0.2) is 30.1 Å². The predicted octanol–water partition coefficient (Wildman–Crippen LogP) is 10.2. The molecule has 0 bridgehead atoms. The first kappa shape index (κ1) is 35.0. The first-order chi connectivity index (χ1) is 24.4. The normalized spacial score (nSPS) is 17.4. The number of esters is 2. The summed E-state index contributed by atoms with van der Waals surface area (Å²) in [4.78, 5) is 52.7. The molecule has 0 amide bonds. The number of carbonyl (C=O) groups excluding carboxylic acids is 4. The molecular weight excluding hydrogens is 624 g/mol. The average molecular weight is 671 g/mol. The lowest BCUT2D eigenvalue weighted by atomic mass is 9.77. The number of ether oxygens (including phenoxy) is 2. The molecule has 0 heterocycles. The van der Waals surface area contributed by atoms with Gasteiger partial charge < -0.3 is 9.47 Å². The van der Waals surface area contributed by atoms with Crippen LogP contribution < -0.4 is 0 Å². The third-order valence-corrected chi connectivity index (χ3v) is 10.4. The van der Waals surface area contributed by atoms with Gasteiger partial charge in [-0.2, -0.15) is 0 Å². The van der Waals surface area contributed by atoms with Crippen molar-refractivity contribution in [1.82, 2.24) is 0 Å². The van der Waals surface area contributed by atoms with E-state index in [1.807, 2.05) is 54.6 Å². The fourth-order valence-electron chi connectivity index (χ4n) is 7.41. The minimum absolute atomic E-state index is 0.134. The number of unbranched alkanes of at least 4 members (excludes halogenated alkanes) is 5. The van der Waals surface area contributed by atoms with Crippen LogP contribution in [0.5, 0.6) is 0 Å². The van der Waals surface area contributed by atoms with Gasteiger partial charge in [-0.3, -0.25) is 9.59 Å². The van der Waals surface area contributed by atoms with Gasteiger partial charge in [0.15, 0.2) is 17.7 Å². The van der Waals surface area contributed by atoms with Crippen molar-refractivity contribution < 1.29 is 28.7 Å². The average Bonchev–Trinajstić information content (AvgIpc) is 3.17. The molecule has 6 rings (SSSR count). The zero-order chi connectivity index (χ0) is 34.9. The van der Waals surface area contributed by atoms with Crippen molar-refractivity contribution >= 4 is 23.5 Å². The van der Waals surface area contributed by atoms with E-state index in [0.29, 0.717) is 28.2 Å². The van der Waals surface area contributed by atoms with Crippen molar-refractivity contribution in [2.45, 2.75) is 89.6 Å². The Kier molecular flexibility index (Phi) is 11.7. The maximum atomic E-state index is 13.4. The number of carbonyl (C=O) groups is 4. The Labute approximate surface area is 295 Å². The molecule has 6 nitrogen and oxygen atoms in total. The third-order valence-electron chi connectivity index (χ3n) is 10.4. The molecule has 2 aliphatic carbocycles. The molecular formula is C44H46O6. The standard InChI is InChI=1S/C44H46O6/c1-2-3-4-5-6-8-13-30-18-20-31(21-19-30)32-22-24-34(25-23-32)44(48)50-40(33-14-9-7-10-15-33)29-49-43(47)35-26-27-38-39(28-35)42(46)37-17-12-11-16-36(37)41(38)45/h7,9-12,14-17,22-28,30-31,40H,2-6,8,13,18-21,29H2,1H3. The summed E-state index contributed by atoms with van der Waals surface area (Å²) in [6.45, 7) is 2.04. The van der Waals surface area contributed by atoms with Gasteiger partial charge in [-0.15, -0.1) is 0 Å². The van der Waals surface area contributed by atoms with Gasteiger partial charge in [-0.25, -0.2) is 9.59 Å². The predicted molar refractivity (Wildman–Crippen MR) is 194 cm³/mol. The van der Waals surface area contributed by atoms with Crippen LogP contribution >= 0.6 is 0 Å². The van der Waals surface area contributed by atoms with Crippen LogP contribution in [0.2, 0.25) is 0 Å². The van der Waals surface area contributed by atoms with Gasteiger partial charge in [0.1, 0.15) is 6.61 Å². The molecule has 0 saturated heterocycles. The smallest absolute Gasteiger partial charge is 0.338 e. The lowest BCUT2D eigenvalue weighted by Gasteiger charge is -2.29. The molecule has 1 unspecified atom stereocenters. The van der Waals surface area contributed by atoms with Gasteiger partial charge in [0, 0.05) is 22.3 Å². The molecule has 1 saturated carbocycles. The van der Waals surface area contributed by atoms with Crippen molar-refractivity contribution in [2.75, 3.05) is 6.61 Å². The Morgan fingerprint density at radius 2 is 1.24 bits per heavy atom. The van der Waals surface area contributed by atoms with E-state index in [1.165, 1.54) is 94.4 Å². The Morgan fingerprint density at radius 1 is 0.640 bits per heavy atom. The number of fused-ring (bicyclic) bond motifs is 2. The monoisotopic (exact) mass is 670 g/mol. The van der Waals surface area contributed by atoms with Crippen molar-refractivity contribution in [2.24, 2.45) is 5.92 Å². The molecule has 258 valence electrons. The van der Waals surface area contributed by atoms with Gasteiger partial charge >= 0.3 is 11.9 Å². The summed E-state index contributed by atoms with van der Waals surface area (Å²) in [5, 5.41) is 0. The quantitative estimate of drug-likeness (QED) is 0.0863. The van der Waals surface area contributed by atoms with Crippen LogP contribution in [0.15, 0.2) is 97.1 Å². The Balaban J connectivity index is 1.05. The zero-order valence-corrected chi connectivity index (χ0v) is 28.9. The van der Waals surface area contributed by atoms with E-state index in [9.17, 15) is 19.2 Å². The van der Waals surface area contributed by atoms with E-state index in [1.54, 1.807) is 24.3 Å². The topological polar surface area (TPSA) is 86.7 Å². The first-order valence-electron chi connectivity index (χ1n) is 18.3. The number of benzene rings is 4. The van der Waals surface area contributed by atoms with Crippen LogP contribution in [0.25, 0.3) is 0 Å². The van der Waals surface area contributed by atoms with Gasteiger partial charge in [0.2, 0.25) is 0 Å². The maximum absolute atomic E-state index is 13.4. The molecule has 0 spiro atoms. The number of hydrogen-bond donors (Lipinski definition) is 0. The molecule has 50 heavy (non-hydrogen) atoms. The summed E-state index contributed by atoms with van der Waals surface area (Å²) < 4.78 is 11.6. The summed E-state index contributed by atoms with van der Waals surface area (Å²) in [5.41, 5.74) is 3.61. The van der Waals surface area contributed by atoms with Gasteiger partial charge in [-0.1, -0.05) is 119 Å². The van der Waals surface area contributed by atoms with E-state index < -0.39 is 18.0 Å². The van der Waals surface area contributed by atoms with Gasteiger partial charge in [0.25, 0.3) is 0 Å². The van der Waals surface area contributed by atoms with E-state index in [0.717, 1.165) is 5.92 Å². The highest BCUT2D eigenvalue weighted by molar-refractivity contribution is 6.28. The number of rotatable bonds is 14. The molecule has 2 aliphatic rings. The summed E-state index contributed by atoms with van der Waals surface area (Å²) in [6.07, 6.45) is 13.5. The lowest BCUT2D eigenvalue weighted by Crippen LogP contribution is -2.22.